The van der Waals surface area contributed by atoms with Crippen LogP contribution in [0.15, 0.2) is 65.4 Å². The maximum Gasteiger partial charge on any atom is 0.267 e. The first-order valence-corrected chi connectivity index (χ1v) is 8.30. The number of carbonyl (C=O) groups excluding carboxylic acids is 1. The summed E-state index contributed by atoms with van der Waals surface area (Å²) < 4.78 is 0. The first-order chi connectivity index (χ1) is 11.7. The highest BCUT2D eigenvalue weighted by atomic mass is 35.5. The molecule has 2 aromatic rings. The van der Waals surface area contributed by atoms with Gasteiger partial charge in [-0.15, -0.1) is 6.58 Å². The van der Waals surface area contributed by atoms with Crippen molar-refractivity contribution in [3.05, 3.63) is 71.1 Å². The number of amides is 1. The second kappa shape index (κ2) is 7.42. The summed E-state index contributed by atoms with van der Waals surface area (Å²) in [5, 5.41) is 0.846. The topological polar surface area (TPSA) is 58.5 Å². The lowest BCUT2D eigenvalue weighted by molar-refractivity contribution is -0.121. The Bertz CT molecular complexity index is 835. The molecule has 0 aliphatic carbocycles. The Balaban J connectivity index is 1.97. The van der Waals surface area contributed by atoms with Crippen molar-refractivity contribution in [2.75, 3.05) is 6.54 Å². The van der Waals surface area contributed by atoms with Crippen molar-refractivity contribution in [1.29, 1.82) is 0 Å². The highest BCUT2D eigenvalue weighted by Gasteiger charge is 2.32. The molecular weight excluding hydrogens is 344 g/mol. The van der Waals surface area contributed by atoms with Crippen LogP contribution in [0.4, 0.5) is 5.69 Å². The van der Waals surface area contributed by atoms with Gasteiger partial charge in [0.15, 0.2) is 10.3 Å². The van der Waals surface area contributed by atoms with E-state index >= 15 is 0 Å². The van der Waals surface area contributed by atoms with E-state index in [4.69, 9.17) is 11.6 Å². The second-order valence-corrected chi connectivity index (χ2v) is 6.17. The molecule has 0 bridgehead atoms. The molecule has 3 heterocycles. The van der Waals surface area contributed by atoms with E-state index < -0.39 is 0 Å². The molecule has 2 aromatic heterocycles. The maximum absolute atomic E-state index is 12.6. The number of aromatic nitrogens is 2. The second-order valence-electron chi connectivity index (χ2n) is 4.80. The first-order valence-electron chi connectivity index (χ1n) is 7.10. The third-order valence-corrected chi connectivity index (χ3v) is 4.46. The number of amidine groups is 1. The minimum absolute atomic E-state index is 0.115. The molecule has 0 atom stereocenters. The van der Waals surface area contributed by atoms with Gasteiger partial charge >= 0.3 is 0 Å². The van der Waals surface area contributed by atoms with Crippen molar-refractivity contribution in [2.24, 2.45) is 4.99 Å². The average Bonchev–Trinajstić information content (AvgIpc) is 2.87. The summed E-state index contributed by atoms with van der Waals surface area (Å²) in [6.07, 6.45) is 8.44. The highest BCUT2D eigenvalue weighted by Crippen LogP contribution is 2.35. The summed E-state index contributed by atoms with van der Waals surface area (Å²) in [4.78, 5) is 27.2. The third kappa shape index (κ3) is 3.55. The number of hydrogen-bond donors (Lipinski definition) is 0. The molecule has 7 heteroatoms. The molecule has 1 aliphatic rings. The van der Waals surface area contributed by atoms with Crippen LogP contribution in [0.5, 0.6) is 0 Å². The molecule has 120 valence electrons. The number of rotatable bonds is 4. The molecular formula is C17H13ClN4OS. The zero-order valence-electron chi connectivity index (χ0n) is 12.6. The van der Waals surface area contributed by atoms with Crippen LogP contribution in [0.2, 0.25) is 5.15 Å². The Morgan fingerprint density at radius 3 is 2.79 bits per heavy atom. The lowest BCUT2D eigenvalue weighted by Crippen LogP contribution is -2.29. The summed E-state index contributed by atoms with van der Waals surface area (Å²) in [7, 11) is 0. The molecule has 0 spiro atoms. The zero-order chi connectivity index (χ0) is 16.9. The van der Waals surface area contributed by atoms with Crippen LogP contribution >= 0.6 is 23.4 Å². The fourth-order valence-corrected chi connectivity index (χ4v) is 3.22. The molecule has 1 aliphatic heterocycles. The van der Waals surface area contributed by atoms with Crippen molar-refractivity contribution < 1.29 is 4.79 Å². The first kappa shape index (κ1) is 16.4. The Labute approximate surface area is 148 Å². The van der Waals surface area contributed by atoms with Crippen LogP contribution in [-0.4, -0.2) is 32.5 Å². The minimum atomic E-state index is -0.115. The van der Waals surface area contributed by atoms with E-state index in [1.165, 1.54) is 11.8 Å². The van der Waals surface area contributed by atoms with Gasteiger partial charge in [0.25, 0.3) is 5.91 Å². The summed E-state index contributed by atoms with van der Waals surface area (Å²) in [6, 6.07) is 7.18. The van der Waals surface area contributed by atoms with Crippen molar-refractivity contribution in [3.63, 3.8) is 0 Å². The molecule has 0 N–H and O–H groups in total. The number of aliphatic imine (C=N–C) groups is 1. The van der Waals surface area contributed by atoms with Gasteiger partial charge in [-0.2, -0.15) is 0 Å². The molecule has 3 rings (SSSR count). The number of pyridine rings is 2. The van der Waals surface area contributed by atoms with Gasteiger partial charge in [-0.1, -0.05) is 17.7 Å². The van der Waals surface area contributed by atoms with Crippen LogP contribution < -0.4 is 0 Å². The lowest BCUT2D eigenvalue weighted by Gasteiger charge is -2.12. The van der Waals surface area contributed by atoms with Crippen molar-refractivity contribution in [3.8, 4) is 0 Å². The highest BCUT2D eigenvalue weighted by molar-refractivity contribution is 8.18. The SMILES string of the molecule is C=CCN1C(=O)/C(=C/c2ccncc2)SC1=Nc1cccnc1Cl. The van der Waals surface area contributed by atoms with Gasteiger partial charge in [-0.05, 0) is 47.7 Å². The summed E-state index contributed by atoms with van der Waals surface area (Å²) in [5.41, 5.74) is 1.42. The molecule has 0 unspecified atom stereocenters. The number of carbonyl (C=O) groups is 1. The molecule has 24 heavy (non-hydrogen) atoms. The number of halogens is 1. The Hall–Kier alpha value is -2.44. The Morgan fingerprint density at radius 2 is 2.08 bits per heavy atom. The van der Waals surface area contributed by atoms with E-state index in [0.717, 1.165) is 5.56 Å². The van der Waals surface area contributed by atoms with Crippen LogP contribution in [0.1, 0.15) is 5.56 Å². The fraction of sp³-hybridized carbons (Fsp3) is 0.0588. The lowest BCUT2D eigenvalue weighted by atomic mass is 10.2. The smallest absolute Gasteiger partial charge is 0.267 e. The standard InChI is InChI=1S/C17H13ClN4OS/c1-2-10-22-16(23)14(11-12-5-8-19-9-6-12)24-17(22)21-13-4-3-7-20-15(13)18/h2-9,11H,1,10H2/b14-11-,21-17?. The number of thioether (sulfide) groups is 1. The zero-order valence-corrected chi connectivity index (χ0v) is 14.2. The molecule has 1 amide bonds. The monoisotopic (exact) mass is 356 g/mol. The van der Waals surface area contributed by atoms with Crippen LogP contribution in [0.3, 0.4) is 0 Å². The molecule has 0 aromatic carbocycles. The van der Waals surface area contributed by atoms with E-state index in [-0.39, 0.29) is 5.91 Å². The largest absolute Gasteiger partial charge is 0.283 e. The normalized spacial score (nSPS) is 17.7. The van der Waals surface area contributed by atoms with Gasteiger partial charge in [0, 0.05) is 25.1 Å². The van der Waals surface area contributed by atoms with Gasteiger partial charge in [-0.3, -0.25) is 14.7 Å². The summed E-state index contributed by atoms with van der Waals surface area (Å²) in [5.74, 6) is -0.115. The van der Waals surface area contributed by atoms with E-state index in [1.54, 1.807) is 41.7 Å². The van der Waals surface area contributed by atoms with Crippen molar-refractivity contribution >= 4 is 46.2 Å². The average molecular weight is 357 g/mol. The van der Waals surface area contributed by atoms with Crippen LogP contribution in [-0.2, 0) is 4.79 Å². The summed E-state index contributed by atoms with van der Waals surface area (Å²) >= 11 is 7.36. The third-order valence-electron chi connectivity index (χ3n) is 3.16. The quantitative estimate of drug-likeness (QED) is 0.473. The Morgan fingerprint density at radius 1 is 1.29 bits per heavy atom. The van der Waals surface area contributed by atoms with Gasteiger partial charge in [0.05, 0.1) is 4.91 Å². The fourth-order valence-electron chi connectivity index (χ4n) is 2.06. The molecule has 0 saturated carbocycles. The van der Waals surface area contributed by atoms with Gasteiger partial charge in [0.1, 0.15) is 5.69 Å². The predicted molar refractivity (Wildman–Crippen MR) is 98.1 cm³/mol. The van der Waals surface area contributed by atoms with Crippen LogP contribution in [0.25, 0.3) is 6.08 Å². The Kier molecular flexibility index (Phi) is 5.08. The van der Waals surface area contributed by atoms with Gasteiger partial charge < -0.3 is 0 Å². The summed E-state index contributed by atoms with van der Waals surface area (Å²) in [6.45, 7) is 4.07. The van der Waals surface area contributed by atoms with E-state index in [9.17, 15) is 4.79 Å². The van der Waals surface area contributed by atoms with Crippen LogP contribution in [0, 0.1) is 0 Å². The maximum atomic E-state index is 12.6. The molecule has 1 saturated heterocycles. The van der Waals surface area contributed by atoms with Crippen molar-refractivity contribution in [1.82, 2.24) is 14.9 Å². The van der Waals surface area contributed by atoms with Gasteiger partial charge in [0.2, 0.25) is 0 Å². The minimum Gasteiger partial charge on any atom is -0.283 e. The number of nitrogens with zero attached hydrogens (tertiary/aromatic N) is 4. The van der Waals surface area contributed by atoms with E-state index in [2.05, 4.69) is 21.5 Å². The van der Waals surface area contributed by atoms with Gasteiger partial charge in [-0.25, -0.2) is 9.98 Å². The number of hydrogen-bond acceptors (Lipinski definition) is 5. The van der Waals surface area contributed by atoms with Crippen molar-refractivity contribution in [2.45, 2.75) is 0 Å². The molecule has 1 fully saturated rings. The molecule has 0 radical (unpaired) electrons. The molecule has 5 nitrogen and oxygen atoms in total. The predicted octanol–water partition coefficient (Wildman–Crippen LogP) is 3.92. The van der Waals surface area contributed by atoms with E-state index in [0.29, 0.717) is 27.5 Å². The van der Waals surface area contributed by atoms with E-state index in [1.807, 2.05) is 18.2 Å².